The third-order valence-corrected chi connectivity index (χ3v) is 1.71. The van der Waals surface area contributed by atoms with Crippen LogP contribution in [-0.4, -0.2) is 0 Å². The van der Waals surface area contributed by atoms with Crippen molar-refractivity contribution >= 4 is 0 Å². The first-order valence-corrected chi connectivity index (χ1v) is 4.20. The Morgan fingerprint density at radius 2 is 2.00 bits per heavy atom. The van der Waals surface area contributed by atoms with Crippen molar-refractivity contribution in [2.75, 3.05) is 0 Å². The molecule has 1 heteroatoms. The molecule has 0 saturated carbocycles. The summed E-state index contributed by atoms with van der Waals surface area (Å²) in [5.74, 6) is 0.261. The van der Waals surface area contributed by atoms with Crippen LogP contribution in [0.1, 0.15) is 46.0 Å². The molecule has 0 aliphatic heterocycles. The van der Waals surface area contributed by atoms with Gasteiger partial charge in [-0.05, 0) is 13.3 Å². The van der Waals surface area contributed by atoms with Crippen LogP contribution in [0, 0.1) is 17.2 Å². The van der Waals surface area contributed by atoms with E-state index < -0.39 is 0 Å². The maximum atomic E-state index is 8.44. The van der Waals surface area contributed by atoms with E-state index in [0.29, 0.717) is 0 Å². The topological polar surface area (TPSA) is 23.8 Å². The van der Waals surface area contributed by atoms with E-state index in [-0.39, 0.29) is 5.92 Å². The molecule has 58 valence electrons. The van der Waals surface area contributed by atoms with Gasteiger partial charge in [0.25, 0.3) is 0 Å². The molecule has 0 aliphatic carbocycles. The lowest BCUT2D eigenvalue weighted by Crippen LogP contribution is -1.88. The lowest BCUT2D eigenvalue weighted by atomic mass is 10.0. The first-order chi connectivity index (χ1) is 4.81. The van der Waals surface area contributed by atoms with Crippen LogP contribution in [0.25, 0.3) is 0 Å². The first kappa shape index (κ1) is 9.49. The average Bonchev–Trinajstić information content (AvgIpc) is 1.98. The van der Waals surface area contributed by atoms with Crippen molar-refractivity contribution in [2.24, 2.45) is 5.92 Å². The van der Waals surface area contributed by atoms with E-state index in [4.69, 9.17) is 5.26 Å². The molecule has 0 aromatic heterocycles. The zero-order valence-corrected chi connectivity index (χ0v) is 7.06. The van der Waals surface area contributed by atoms with Gasteiger partial charge in [0, 0.05) is 5.92 Å². The predicted octanol–water partition coefficient (Wildman–Crippen LogP) is 3.12. The quantitative estimate of drug-likeness (QED) is 0.537. The molecule has 0 spiro atoms. The zero-order valence-electron chi connectivity index (χ0n) is 7.06. The molecule has 0 N–H and O–H groups in total. The van der Waals surface area contributed by atoms with Crippen molar-refractivity contribution in [2.45, 2.75) is 46.0 Å². The summed E-state index contributed by atoms with van der Waals surface area (Å²) < 4.78 is 0. The summed E-state index contributed by atoms with van der Waals surface area (Å²) in [7, 11) is 0. The van der Waals surface area contributed by atoms with E-state index in [1.807, 2.05) is 6.92 Å². The molecule has 0 fully saturated rings. The van der Waals surface area contributed by atoms with Gasteiger partial charge in [-0.25, -0.2) is 0 Å². The number of hydrogen-bond donors (Lipinski definition) is 0. The van der Waals surface area contributed by atoms with Crippen LogP contribution >= 0.6 is 0 Å². The van der Waals surface area contributed by atoms with E-state index in [1.54, 1.807) is 0 Å². The van der Waals surface area contributed by atoms with Gasteiger partial charge in [-0.1, -0.05) is 32.6 Å². The van der Waals surface area contributed by atoms with Crippen LogP contribution in [0.2, 0.25) is 0 Å². The third-order valence-electron chi connectivity index (χ3n) is 1.71. The molecule has 0 heterocycles. The second-order valence-electron chi connectivity index (χ2n) is 2.88. The fraction of sp³-hybridized carbons (Fsp3) is 0.889. The maximum absolute atomic E-state index is 8.44. The van der Waals surface area contributed by atoms with E-state index >= 15 is 0 Å². The predicted molar refractivity (Wildman–Crippen MR) is 43.5 cm³/mol. The monoisotopic (exact) mass is 139 g/mol. The molecule has 0 aliphatic rings. The molecule has 0 unspecified atom stereocenters. The number of nitrogens with zero attached hydrogens (tertiary/aromatic N) is 1. The minimum atomic E-state index is 0.261. The van der Waals surface area contributed by atoms with Gasteiger partial charge in [0.1, 0.15) is 0 Å². The van der Waals surface area contributed by atoms with Gasteiger partial charge in [0.15, 0.2) is 0 Å². The summed E-state index contributed by atoms with van der Waals surface area (Å²) in [4.78, 5) is 0. The number of nitriles is 1. The zero-order chi connectivity index (χ0) is 7.82. The fourth-order valence-electron chi connectivity index (χ4n) is 0.942. The van der Waals surface area contributed by atoms with Crippen LogP contribution in [-0.2, 0) is 0 Å². The first-order valence-electron chi connectivity index (χ1n) is 4.20. The molecule has 0 bridgehead atoms. The van der Waals surface area contributed by atoms with Crippen LogP contribution in [0.15, 0.2) is 0 Å². The largest absolute Gasteiger partial charge is 0.198 e. The average molecular weight is 139 g/mol. The molecule has 1 nitrogen and oxygen atoms in total. The Balaban J connectivity index is 2.98. The Bertz CT molecular complexity index is 102. The Labute approximate surface area is 64.1 Å². The molecule has 0 amide bonds. The summed E-state index contributed by atoms with van der Waals surface area (Å²) in [6, 6.07) is 2.24. The summed E-state index contributed by atoms with van der Waals surface area (Å²) in [5, 5.41) is 8.44. The molecule has 0 rings (SSSR count). The van der Waals surface area contributed by atoms with Crippen molar-refractivity contribution < 1.29 is 0 Å². The highest BCUT2D eigenvalue weighted by atomic mass is 14.3. The van der Waals surface area contributed by atoms with Crippen LogP contribution < -0.4 is 0 Å². The van der Waals surface area contributed by atoms with Gasteiger partial charge < -0.3 is 0 Å². The van der Waals surface area contributed by atoms with Crippen LogP contribution in [0.3, 0.4) is 0 Å². The molecule has 10 heavy (non-hydrogen) atoms. The third kappa shape index (κ3) is 5.62. The second-order valence-corrected chi connectivity index (χ2v) is 2.88. The van der Waals surface area contributed by atoms with E-state index in [1.165, 1.54) is 25.7 Å². The molecule has 0 aromatic rings. The summed E-state index contributed by atoms with van der Waals surface area (Å²) in [6.07, 6.45) is 6.20. The highest BCUT2D eigenvalue weighted by Gasteiger charge is 1.97. The molecular weight excluding hydrogens is 122 g/mol. The minimum Gasteiger partial charge on any atom is -0.198 e. The highest BCUT2D eigenvalue weighted by Crippen LogP contribution is 2.08. The highest BCUT2D eigenvalue weighted by molar-refractivity contribution is 4.77. The molecular formula is C9H17N. The second kappa shape index (κ2) is 6.61. The standard InChI is InChI=1S/C9H17N/c1-3-4-5-6-7-9(2)8-10/h9H,3-7H2,1-2H3/t9-/m0/s1. The van der Waals surface area contributed by atoms with Gasteiger partial charge in [0.2, 0.25) is 0 Å². The van der Waals surface area contributed by atoms with Gasteiger partial charge in [-0.15, -0.1) is 0 Å². The van der Waals surface area contributed by atoms with Crippen molar-refractivity contribution in [1.82, 2.24) is 0 Å². The Morgan fingerprint density at radius 1 is 1.30 bits per heavy atom. The number of rotatable bonds is 5. The van der Waals surface area contributed by atoms with Crippen molar-refractivity contribution in [3.8, 4) is 6.07 Å². The number of hydrogen-bond acceptors (Lipinski definition) is 1. The van der Waals surface area contributed by atoms with Gasteiger partial charge in [-0.2, -0.15) is 5.26 Å². The molecule has 0 radical (unpaired) electrons. The lowest BCUT2D eigenvalue weighted by molar-refractivity contribution is 0.568. The summed E-state index contributed by atoms with van der Waals surface area (Å²) >= 11 is 0. The Hall–Kier alpha value is -0.510. The number of unbranched alkanes of at least 4 members (excludes halogenated alkanes) is 3. The Kier molecular flexibility index (Phi) is 6.27. The van der Waals surface area contributed by atoms with Gasteiger partial charge in [-0.3, -0.25) is 0 Å². The minimum absolute atomic E-state index is 0.261. The SMILES string of the molecule is CCCCCC[C@H](C)C#N. The van der Waals surface area contributed by atoms with Crippen LogP contribution in [0.4, 0.5) is 0 Å². The maximum Gasteiger partial charge on any atom is 0.0652 e. The fourth-order valence-corrected chi connectivity index (χ4v) is 0.942. The van der Waals surface area contributed by atoms with Crippen molar-refractivity contribution in [3.63, 3.8) is 0 Å². The smallest absolute Gasteiger partial charge is 0.0652 e. The molecule has 0 aromatic carbocycles. The van der Waals surface area contributed by atoms with E-state index in [9.17, 15) is 0 Å². The lowest BCUT2D eigenvalue weighted by Gasteiger charge is -1.99. The van der Waals surface area contributed by atoms with E-state index in [2.05, 4.69) is 13.0 Å². The normalized spacial score (nSPS) is 12.5. The Morgan fingerprint density at radius 3 is 2.50 bits per heavy atom. The molecule has 1 atom stereocenters. The summed E-state index contributed by atoms with van der Waals surface area (Å²) in [5.41, 5.74) is 0. The van der Waals surface area contributed by atoms with Crippen molar-refractivity contribution in [3.05, 3.63) is 0 Å². The van der Waals surface area contributed by atoms with E-state index in [0.717, 1.165) is 6.42 Å². The molecule has 0 saturated heterocycles. The van der Waals surface area contributed by atoms with Crippen LogP contribution in [0.5, 0.6) is 0 Å². The van der Waals surface area contributed by atoms with Gasteiger partial charge >= 0.3 is 0 Å². The van der Waals surface area contributed by atoms with Crippen molar-refractivity contribution in [1.29, 1.82) is 5.26 Å². The summed E-state index contributed by atoms with van der Waals surface area (Å²) in [6.45, 7) is 4.19. The van der Waals surface area contributed by atoms with Gasteiger partial charge in [0.05, 0.1) is 6.07 Å².